The van der Waals surface area contributed by atoms with E-state index in [0.29, 0.717) is 41.8 Å². The highest BCUT2D eigenvalue weighted by molar-refractivity contribution is 5.49. The van der Waals surface area contributed by atoms with E-state index in [2.05, 4.69) is 23.9 Å². The molecule has 1 aliphatic rings. The lowest BCUT2D eigenvalue weighted by molar-refractivity contribution is 0.286. The molecule has 6 heteroatoms. The van der Waals surface area contributed by atoms with Crippen LogP contribution < -0.4 is 15.2 Å². The lowest BCUT2D eigenvalue weighted by Gasteiger charge is -2.09. The van der Waals surface area contributed by atoms with Crippen molar-refractivity contribution < 1.29 is 9.47 Å². The van der Waals surface area contributed by atoms with Gasteiger partial charge in [0.1, 0.15) is 0 Å². The van der Waals surface area contributed by atoms with Gasteiger partial charge in [0.2, 0.25) is 11.8 Å². The lowest BCUT2D eigenvalue weighted by atomic mass is 10.4. The monoisotopic (exact) mass is 288 g/mol. The molecule has 0 spiro atoms. The van der Waals surface area contributed by atoms with E-state index >= 15 is 0 Å². The number of hydrogen-bond donors (Lipinski definition) is 1. The number of anilines is 1. The fourth-order valence-electron chi connectivity index (χ4n) is 1.86. The first kappa shape index (κ1) is 13.7. The van der Waals surface area contributed by atoms with Crippen molar-refractivity contribution in [3.05, 3.63) is 24.5 Å². The normalized spacial score (nSPS) is 14.4. The molecule has 0 aromatic carbocycles. The molecule has 0 bridgehead atoms. The summed E-state index contributed by atoms with van der Waals surface area (Å²) in [6, 6.07) is 3.77. The molecule has 3 rings (SSSR count). The van der Waals surface area contributed by atoms with Crippen molar-refractivity contribution >= 4 is 5.69 Å². The Hall–Kier alpha value is -2.24. The van der Waals surface area contributed by atoms with Gasteiger partial charge in [0.05, 0.1) is 24.7 Å². The molecule has 0 saturated heterocycles. The minimum absolute atomic E-state index is 0.291. The minimum atomic E-state index is 0.291. The molecule has 2 heterocycles. The van der Waals surface area contributed by atoms with Gasteiger partial charge in [-0.2, -0.15) is 10.1 Å². The average Bonchev–Trinajstić information content (AvgIpc) is 3.17. The maximum absolute atomic E-state index is 5.87. The second-order valence-electron chi connectivity index (χ2n) is 5.65. The molecule has 2 aromatic rings. The highest BCUT2D eigenvalue weighted by Crippen LogP contribution is 2.31. The highest BCUT2D eigenvalue weighted by Gasteiger charge is 2.22. The topological polar surface area (TPSA) is 75.2 Å². The van der Waals surface area contributed by atoms with Crippen molar-refractivity contribution in [2.24, 2.45) is 5.92 Å². The maximum Gasteiger partial charge on any atom is 0.240 e. The molecule has 21 heavy (non-hydrogen) atoms. The Bertz CT molecular complexity index is 620. The fraction of sp³-hybridized carbons (Fsp3) is 0.467. The summed E-state index contributed by atoms with van der Waals surface area (Å²) in [6.45, 7) is 4.79. The van der Waals surface area contributed by atoms with Crippen molar-refractivity contribution in [2.75, 3.05) is 12.3 Å². The molecule has 2 aromatic heterocycles. The molecule has 112 valence electrons. The second-order valence-corrected chi connectivity index (χ2v) is 5.65. The summed E-state index contributed by atoms with van der Waals surface area (Å²) < 4.78 is 13.2. The van der Waals surface area contributed by atoms with Gasteiger partial charge in [0.15, 0.2) is 5.75 Å². The fourth-order valence-corrected chi connectivity index (χ4v) is 1.86. The molecule has 2 N–H and O–H groups in total. The van der Waals surface area contributed by atoms with Gasteiger partial charge in [-0.05, 0) is 38.7 Å². The molecule has 0 amide bonds. The lowest BCUT2D eigenvalue weighted by Crippen LogP contribution is -2.04. The van der Waals surface area contributed by atoms with Crippen LogP contribution in [0.2, 0.25) is 0 Å². The first-order chi connectivity index (χ1) is 10.1. The Balaban J connectivity index is 1.70. The van der Waals surface area contributed by atoms with Crippen molar-refractivity contribution in [1.29, 1.82) is 0 Å². The Labute approximate surface area is 123 Å². The Kier molecular flexibility index (Phi) is 3.68. The highest BCUT2D eigenvalue weighted by atomic mass is 16.5. The van der Waals surface area contributed by atoms with Crippen LogP contribution >= 0.6 is 0 Å². The van der Waals surface area contributed by atoms with E-state index in [9.17, 15) is 0 Å². The Morgan fingerprint density at radius 3 is 2.86 bits per heavy atom. The molecule has 1 fully saturated rings. The number of nitrogens with zero attached hydrogens (tertiary/aromatic N) is 3. The van der Waals surface area contributed by atoms with Gasteiger partial charge in [0, 0.05) is 12.1 Å². The van der Waals surface area contributed by atoms with Crippen molar-refractivity contribution in [1.82, 2.24) is 14.8 Å². The first-order valence-electron chi connectivity index (χ1n) is 7.23. The number of pyridine rings is 1. The van der Waals surface area contributed by atoms with Crippen LogP contribution in [0, 0.1) is 5.92 Å². The summed E-state index contributed by atoms with van der Waals surface area (Å²) in [4.78, 5) is 4.31. The smallest absolute Gasteiger partial charge is 0.240 e. The van der Waals surface area contributed by atoms with Gasteiger partial charge >= 0.3 is 0 Å². The number of ether oxygens (including phenoxy) is 2. The van der Waals surface area contributed by atoms with Gasteiger partial charge in [-0.1, -0.05) is 0 Å². The van der Waals surface area contributed by atoms with Crippen LogP contribution in [0.5, 0.6) is 17.5 Å². The van der Waals surface area contributed by atoms with Crippen molar-refractivity contribution in [3.8, 4) is 17.5 Å². The van der Waals surface area contributed by atoms with Crippen LogP contribution in [0.4, 0.5) is 5.69 Å². The zero-order chi connectivity index (χ0) is 14.8. The van der Waals surface area contributed by atoms with Gasteiger partial charge in [-0.25, -0.2) is 0 Å². The molecule has 0 unspecified atom stereocenters. The summed E-state index contributed by atoms with van der Waals surface area (Å²) >= 11 is 0. The van der Waals surface area contributed by atoms with Gasteiger partial charge < -0.3 is 15.2 Å². The predicted molar refractivity (Wildman–Crippen MR) is 79.6 cm³/mol. The summed E-state index contributed by atoms with van der Waals surface area (Å²) in [7, 11) is 0. The molecule has 1 saturated carbocycles. The number of aromatic nitrogens is 3. The van der Waals surface area contributed by atoms with Gasteiger partial charge in [-0.15, -0.1) is 0 Å². The van der Waals surface area contributed by atoms with Crippen LogP contribution in [-0.4, -0.2) is 21.4 Å². The molecular weight excluding hydrogens is 268 g/mol. The Morgan fingerprint density at radius 2 is 2.19 bits per heavy atom. The standard InChI is InChI=1S/C15H20N4O2/c1-10(2)19-8-12(7-17-19)21-14-6-5-13(16)15(18-14)20-9-11-3-4-11/h5-8,10-11H,3-4,9,16H2,1-2H3. The summed E-state index contributed by atoms with van der Waals surface area (Å²) in [5, 5.41) is 4.23. The molecular formula is C15H20N4O2. The third-order valence-corrected chi connectivity index (χ3v) is 3.35. The molecule has 1 aliphatic carbocycles. The summed E-state index contributed by atoms with van der Waals surface area (Å²) in [5.41, 5.74) is 6.40. The van der Waals surface area contributed by atoms with Gasteiger partial charge in [-0.3, -0.25) is 4.68 Å². The molecule has 6 nitrogen and oxygen atoms in total. The molecule has 0 aliphatic heterocycles. The second kappa shape index (κ2) is 5.63. The first-order valence-corrected chi connectivity index (χ1v) is 7.23. The van der Waals surface area contributed by atoms with Crippen LogP contribution in [0.25, 0.3) is 0 Å². The van der Waals surface area contributed by atoms with Gasteiger partial charge in [0.25, 0.3) is 0 Å². The van der Waals surface area contributed by atoms with Crippen LogP contribution in [0.1, 0.15) is 32.7 Å². The largest absolute Gasteiger partial charge is 0.476 e. The number of hydrogen-bond acceptors (Lipinski definition) is 5. The van der Waals surface area contributed by atoms with Crippen LogP contribution in [-0.2, 0) is 0 Å². The van der Waals surface area contributed by atoms with Crippen molar-refractivity contribution in [2.45, 2.75) is 32.7 Å². The third-order valence-electron chi connectivity index (χ3n) is 3.35. The number of rotatable bonds is 6. The van der Waals surface area contributed by atoms with E-state index in [1.165, 1.54) is 12.8 Å². The van der Waals surface area contributed by atoms with E-state index in [1.807, 2.05) is 10.9 Å². The zero-order valence-corrected chi connectivity index (χ0v) is 12.3. The van der Waals surface area contributed by atoms with E-state index in [0.717, 1.165) is 0 Å². The SMILES string of the molecule is CC(C)n1cc(Oc2ccc(N)c(OCC3CC3)n2)cn1. The van der Waals surface area contributed by atoms with E-state index < -0.39 is 0 Å². The third kappa shape index (κ3) is 3.45. The Morgan fingerprint density at radius 1 is 1.38 bits per heavy atom. The van der Waals surface area contributed by atoms with E-state index in [4.69, 9.17) is 15.2 Å². The zero-order valence-electron chi connectivity index (χ0n) is 12.3. The minimum Gasteiger partial charge on any atom is -0.476 e. The molecule has 0 atom stereocenters. The summed E-state index contributed by atoms with van der Waals surface area (Å²) in [6.07, 6.45) is 5.96. The predicted octanol–water partition coefficient (Wildman–Crippen LogP) is 3.02. The van der Waals surface area contributed by atoms with E-state index in [1.54, 1.807) is 18.3 Å². The summed E-state index contributed by atoms with van der Waals surface area (Å²) in [5.74, 6) is 2.20. The van der Waals surface area contributed by atoms with Crippen LogP contribution in [0.15, 0.2) is 24.5 Å². The van der Waals surface area contributed by atoms with Crippen molar-refractivity contribution in [3.63, 3.8) is 0 Å². The maximum atomic E-state index is 5.87. The quantitative estimate of drug-likeness (QED) is 0.884. The average molecular weight is 288 g/mol. The molecule has 0 radical (unpaired) electrons. The van der Waals surface area contributed by atoms with E-state index in [-0.39, 0.29) is 0 Å². The number of nitrogen functional groups attached to an aromatic ring is 1. The van der Waals surface area contributed by atoms with Crippen LogP contribution in [0.3, 0.4) is 0 Å². The number of nitrogens with two attached hydrogens (primary N) is 1.